The van der Waals surface area contributed by atoms with Crippen LogP contribution in [0.2, 0.25) is 0 Å². The monoisotopic (exact) mass is 324 g/mol. The van der Waals surface area contributed by atoms with Gasteiger partial charge in [0.2, 0.25) is 5.91 Å². The molecule has 1 atom stereocenters. The Balaban J connectivity index is 1.44. The SMILES string of the molecule is O=C(Nc1ccc2[nH]ncc2c1)C1CCN(c2ccccc2F)C1. The first-order valence-electron chi connectivity index (χ1n) is 7.94. The number of hydrogen-bond donors (Lipinski definition) is 2. The van der Waals surface area contributed by atoms with E-state index in [0.29, 0.717) is 25.2 Å². The lowest BCUT2D eigenvalue weighted by molar-refractivity contribution is -0.119. The van der Waals surface area contributed by atoms with E-state index in [2.05, 4.69) is 15.5 Å². The van der Waals surface area contributed by atoms with E-state index in [4.69, 9.17) is 0 Å². The number of carbonyl (C=O) groups excluding carboxylic acids is 1. The summed E-state index contributed by atoms with van der Waals surface area (Å²) >= 11 is 0. The highest BCUT2D eigenvalue weighted by Crippen LogP contribution is 2.27. The van der Waals surface area contributed by atoms with Crippen molar-refractivity contribution in [3.05, 3.63) is 54.5 Å². The van der Waals surface area contributed by atoms with Crippen LogP contribution >= 0.6 is 0 Å². The molecule has 5 nitrogen and oxygen atoms in total. The molecule has 1 fully saturated rings. The molecule has 3 aromatic rings. The number of aromatic nitrogens is 2. The van der Waals surface area contributed by atoms with Crippen LogP contribution in [0.1, 0.15) is 6.42 Å². The highest BCUT2D eigenvalue weighted by molar-refractivity contribution is 5.95. The molecule has 1 aromatic heterocycles. The average molecular weight is 324 g/mol. The third-order valence-electron chi connectivity index (χ3n) is 4.46. The van der Waals surface area contributed by atoms with Gasteiger partial charge in [-0.2, -0.15) is 5.10 Å². The Bertz CT molecular complexity index is 891. The Morgan fingerprint density at radius 2 is 2.17 bits per heavy atom. The number of nitrogens with one attached hydrogen (secondary N) is 2. The smallest absolute Gasteiger partial charge is 0.229 e. The standard InChI is InChI=1S/C18H17FN4O/c19-15-3-1-2-4-17(15)23-8-7-12(11-23)18(24)21-14-5-6-16-13(9-14)10-20-22-16/h1-6,9-10,12H,7-8,11H2,(H,20,22)(H,21,24). The van der Waals surface area contributed by atoms with Crippen LogP contribution in [0, 0.1) is 11.7 Å². The first-order chi connectivity index (χ1) is 11.7. The summed E-state index contributed by atoms with van der Waals surface area (Å²) in [6, 6.07) is 12.3. The van der Waals surface area contributed by atoms with Gasteiger partial charge in [0.25, 0.3) is 0 Å². The number of para-hydroxylation sites is 1. The normalized spacial score (nSPS) is 17.4. The second-order valence-electron chi connectivity index (χ2n) is 6.04. The summed E-state index contributed by atoms with van der Waals surface area (Å²) in [5.74, 6) is -0.426. The Hall–Kier alpha value is -2.89. The minimum atomic E-state index is -0.246. The topological polar surface area (TPSA) is 61.0 Å². The number of benzene rings is 2. The Morgan fingerprint density at radius 3 is 3.04 bits per heavy atom. The number of anilines is 2. The first-order valence-corrected chi connectivity index (χ1v) is 7.94. The molecule has 0 spiro atoms. The molecule has 2 N–H and O–H groups in total. The lowest BCUT2D eigenvalue weighted by Gasteiger charge is -2.19. The fraction of sp³-hybridized carbons (Fsp3) is 0.222. The summed E-state index contributed by atoms with van der Waals surface area (Å²) in [5, 5.41) is 10.8. The number of carbonyl (C=O) groups is 1. The number of hydrogen-bond acceptors (Lipinski definition) is 3. The second kappa shape index (κ2) is 5.96. The molecule has 0 radical (unpaired) electrons. The zero-order valence-electron chi connectivity index (χ0n) is 13.0. The lowest BCUT2D eigenvalue weighted by Crippen LogP contribution is -2.27. The van der Waals surface area contributed by atoms with Crippen LogP contribution in [0.3, 0.4) is 0 Å². The van der Waals surface area contributed by atoms with E-state index in [1.165, 1.54) is 6.07 Å². The van der Waals surface area contributed by atoms with Crippen molar-refractivity contribution in [3.8, 4) is 0 Å². The predicted octanol–water partition coefficient (Wildman–Crippen LogP) is 3.17. The van der Waals surface area contributed by atoms with Crippen molar-refractivity contribution >= 4 is 28.2 Å². The van der Waals surface area contributed by atoms with Gasteiger partial charge in [-0.15, -0.1) is 0 Å². The van der Waals surface area contributed by atoms with E-state index >= 15 is 0 Å². The second-order valence-corrected chi connectivity index (χ2v) is 6.04. The van der Waals surface area contributed by atoms with Crippen LogP contribution in [0.25, 0.3) is 10.9 Å². The van der Waals surface area contributed by atoms with Crippen LogP contribution in [0.4, 0.5) is 15.8 Å². The molecule has 4 rings (SSSR count). The number of rotatable bonds is 3. The molecule has 122 valence electrons. The van der Waals surface area contributed by atoms with E-state index in [9.17, 15) is 9.18 Å². The molecule has 2 aromatic carbocycles. The van der Waals surface area contributed by atoms with Gasteiger partial charge >= 0.3 is 0 Å². The molecular formula is C18H17FN4O. The van der Waals surface area contributed by atoms with Gasteiger partial charge in [0, 0.05) is 24.2 Å². The third kappa shape index (κ3) is 2.71. The zero-order chi connectivity index (χ0) is 16.5. The minimum absolute atomic E-state index is 0.0308. The maximum atomic E-state index is 13.9. The van der Waals surface area contributed by atoms with Crippen molar-refractivity contribution in [2.75, 3.05) is 23.3 Å². The van der Waals surface area contributed by atoms with E-state index in [1.807, 2.05) is 29.2 Å². The quantitative estimate of drug-likeness (QED) is 0.778. The largest absolute Gasteiger partial charge is 0.368 e. The van der Waals surface area contributed by atoms with Crippen molar-refractivity contribution in [3.63, 3.8) is 0 Å². The number of halogens is 1. The van der Waals surface area contributed by atoms with Crippen LogP contribution in [-0.4, -0.2) is 29.2 Å². The van der Waals surface area contributed by atoms with Gasteiger partial charge in [0.1, 0.15) is 5.82 Å². The van der Waals surface area contributed by atoms with Gasteiger partial charge < -0.3 is 10.2 Å². The van der Waals surface area contributed by atoms with E-state index in [-0.39, 0.29) is 17.6 Å². The van der Waals surface area contributed by atoms with E-state index in [1.54, 1.807) is 18.3 Å². The fourth-order valence-corrected chi connectivity index (χ4v) is 3.17. The van der Waals surface area contributed by atoms with Gasteiger partial charge in [-0.3, -0.25) is 9.89 Å². The average Bonchev–Trinajstić information content (AvgIpc) is 3.24. The van der Waals surface area contributed by atoms with E-state index < -0.39 is 0 Å². The van der Waals surface area contributed by atoms with Gasteiger partial charge in [0.15, 0.2) is 0 Å². The lowest BCUT2D eigenvalue weighted by atomic mass is 10.1. The molecule has 6 heteroatoms. The van der Waals surface area contributed by atoms with Crippen molar-refractivity contribution in [2.45, 2.75) is 6.42 Å². The summed E-state index contributed by atoms with van der Waals surface area (Å²) in [4.78, 5) is 14.4. The summed E-state index contributed by atoms with van der Waals surface area (Å²) in [7, 11) is 0. The van der Waals surface area contributed by atoms with Crippen LogP contribution in [0.5, 0.6) is 0 Å². The molecule has 24 heavy (non-hydrogen) atoms. The summed E-state index contributed by atoms with van der Waals surface area (Å²) in [6.45, 7) is 1.21. The highest BCUT2D eigenvalue weighted by atomic mass is 19.1. The maximum Gasteiger partial charge on any atom is 0.229 e. The first kappa shape index (κ1) is 14.7. The molecule has 1 unspecified atom stereocenters. The van der Waals surface area contributed by atoms with Crippen LogP contribution in [-0.2, 0) is 4.79 Å². The number of H-pyrrole nitrogens is 1. The molecule has 0 saturated carbocycles. The number of fused-ring (bicyclic) bond motifs is 1. The molecule has 0 bridgehead atoms. The molecule has 0 aliphatic carbocycles. The Kier molecular flexibility index (Phi) is 3.65. The van der Waals surface area contributed by atoms with Crippen molar-refractivity contribution < 1.29 is 9.18 Å². The van der Waals surface area contributed by atoms with Crippen molar-refractivity contribution in [1.82, 2.24) is 10.2 Å². The molecule has 1 saturated heterocycles. The fourth-order valence-electron chi connectivity index (χ4n) is 3.17. The Morgan fingerprint density at radius 1 is 1.29 bits per heavy atom. The summed E-state index contributed by atoms with van der Waals surface area (Å²) in [6.07, 6.45) is 2.44. The van der Waals surface area contributed by atoms with Gasteiger partial charge in [-0.25, -0.2) is 4.39 Å². The van der Waals surface area contributed by atoms with Gasteiger partial charge in [0.05, 0.1) is 23.3 Å². The molecule has 1 aliphatic rings. The van der Waals surface area contributed by atoms with Gasteiger partial charge in [-0.1, -0.05) is 12.1 Å². The number of amides is 1. The third-order valence-corrected chi connectivity index (χ3v) is 4.46. The predicted molar refractivity (Wildman–Crippen MR) is 91.4 cm³/mol. The molecule has 2 heterocycles. The molecule has 1 amide bonds. The minimum Gasteiger partial charge on any atom is -0.368 e. The summed E-state index contributed by atoms with van der Waals surface area (Å²) in [5.41, 5.74) is 2.24. The number of aromatic amines is 1. The molecular weight excluding hydrogens is 307 g/mol. The van der Waals surface area contributed by atoms with Crippen molar-refractivity contribution in [2.24, 2.45) is 5.92 Å². The van der Waals surface area contributed by atoms with Crippen LogP contribution < -0.4 is 10.2 Å². The van der Waals surface area contributed by atoms with Crippen molar-refractivity contribution in [1.29, 1.82) is 0 Å². The van der Waals surface area contributed by atoms with Gasteiger partial charge in [-0.05, 0) is 36.8 Å². The van der Waals surface area contributed by atoms with E-state index in [0.717, 1.165) is 16.6 Å². The number of nitrogens with zero attached hydrogens (tertiary/aromatic N) is 2. The molecule has 1 aliphatic heterocycles. The maximum absolute atomic E-state index is 13.9. The van der Waals surface area contributed by atoms with Crippen LogP contribution in [0.15, 0.2) is 48.7 Å². The highest BCUT2D eigenvalue weighted by Gasteiger charge is 2.29. The zero-order valence-corrected chi connectivity index (χ0v) is 13.0. The summed E-state index contributed by atoms with van der Waals surface area (Å²) < 4.78 is 13.9. The Labute approximate surface area is 138 Å².